The topological polar surface area (TPSA) is 73.4 Å². The smallest absolute Gasteiger partial charge is 0.113 e. The number of aromatic nitrogens is 2. The zero-order chi connectivity index (χ0) is 15.4. The number of likely N-dealkylation sites (N-methyl/N-ethyl adjacent to an activating group) is 1. The fourth-order valence-corrected chi connectivity index (χ4v) is 3.55. The molecule has 2 aliphatic rings. The highest BCUT2D eigenvalue weighted by atomic mass is 16.5. The van der Waals surface area contributed by atoms with Crippen molar-refractivity contribution < 1.29 is 9.84 Å². The summed E-state index contributed by atoms with van der Waals surface area (Å²) < 4.78 is 5.49. The summed E-state index contributed by atoms with van der Waals surface area (Å²) in [5.41, 5.74) is 3.05. The third kappa shape index (κ3) is 3.87. The molecule has 3 rings (SSSR count). The van der Waals surface area contributed by atoms with E-state index in [1.165, 1.54) is 30.5 Å². The highest BCUT2D eigenvalue weighted by Gasteiger charge is 2.30. The van der Waals surface area contributed by atoms with Crippen LogP contribution in [0.2, 0.25) is 0 Å². The van der Waals surface area contributed by atoms with Crippen molar-refractivity contribution in [3.05, 3.63) is 17.0 Å². The van der Waals surface area contributed by atoms with Crippen molar-refractivity contribution in [1.29, 1.82) is 0 Å². The first-order chi connectivity index (χ1) is 10.7. The van der Waals surface area contributed by atoms with Crippen LogP contribution in [0.1, 0.15) is 36.2 Å². The third-order valence-electron chi connectivity index (χ3n) is 4.62. The molecule has 0 aromatic carbocycles. The summed E-state index contributed by atoms with van der Waals surface area (Å²) in [5.74, 6) is 0. The lowest BCUT2D eigenvalue weighted by molar-refractivity contribution is -0.0463. The molecule has 3 N–H and O–H groups in total. The Morgan fingerprint density at radius 2 is 2.18 bits per heavy atom. The Balaban J connectivity index is 1.62. The fraction of sp³-hybridized carbons (Fsp3) is 0.812. The molecule has 1 aromatic heterocycles. The quantitative estimate of drug-likeness (QED) is 0.705. The van der Waals surface area contributed by atoms with E-state index in [4.69, 9.17) is 4.74 Å². The number of aromatic amines is 1. The van der Waals surface area contributed by atoms with Gasteiger partial charge in [0, 0.05) is 31.9 Å². The summed E-state index contributed by atoms with van der Waals surface area (Å²) in [6, 6.07) is 0. The zero-order valence-corrected chi connectivity index (χ0v) is 13.5. The van der Waals surface area contributed by atoms with E-state index in [9.17, 15) is 5.11 Å². The van der Waals surface area contributed by atoms with Gasteiger partial charge in [0.05, 0.1) is 18.9 Å². The Bertz CT molecular complexity index is 480. The van der Waals surface area contributed by atoms with Gasteiger partial charge < -0.3 is 15.2 Å². The first-order valence-corrected chi connectivity index (χ1v) is 8.41. The SMILES string of the molecule is CN(Cc1n[nH]c2c1CCCCC2)CC1(O)CNCCOC1. The summed E-state index contributed by atoms with van der Waals surface area (Å²) >= 11 is 0. The second kappa shape index (κ2) is 7.08. The molecule has 2 heterocycles. The van der Waals surface area contributed by atoms with Gasteiger partial charge in [-0.2, -0.15) is 5.10 Å². The number of ether oxygens (including phenoxy) is 1. The maximum atomic E-state index is 10.7. The number of aryl methyl sites for hydroxylation is 1. The Hall–Kier alpha value is -0.950. The highest BCUT2D eigenvalue weighted by molar-refractivity contribution is 5.26. The number of β-amino-alcohol motifs (C(OH)–C–C–N with tert-alkyl or cyclic N) is 1. The van der Waals surface area contributed by atoms with Gasteiger partial charge in [0.15, 0.2) is 0 Å². The van der Waals surface area contributed by atoms with Crippen molar-refractivity contribution in [3.8, 4) is 0 Å². The van der Waals surface area contributed by atoms with E-state index >= 15 is 0 Å². The molecular weight excluding hydrogens is 280 g/mol. The first-order valence-electron chi connectivity index (χ1n) is 8.41. The molecule has 0 bridgehead atoms. The Labute approximate surface area is 132 Å². The van der Waals surface area contributed by atoms with Crippen molar-refractivity contribution in [2.45, 2.75) is 44.2 Å². The van der Waals surface area contributed by atoms with E-state index in [1.54, 1.807) is 0 Å². The maximum absolute atomic E-state index is 10.7. The molecule has 1 atom stereocenters. The molecule has 1 aliphatic carbocycles. The van der Waals surface area contributed by atoms with Gasteiger partial charge in [-0.25, -0.2) is 0 Å². The van der Waals surface area contributed by atoms with Crippen LogP contribution < -0.4 is 5.32 Å². The molecule has 6 nitrogen and oxygen atoms in total. The molecule has 1 aromatic rings. The van der Waals surface area contributed by atoms with E-state index in [0.29, 0.717) is 26.3 Å². The predicted molar refractivity (Wildman–Crippen MR) is 84.8 cm³/mol. The molecule has 1 unspecified atom stereocenters. The standard InChI is InChI=1S/C16H28N4O2/c1-20(11-16(21)10-17-7-8-22-12-16)9-15-13-5-3-2-4-6-14(13)18-19-15/h17,21H,2-12H2,1H3,(H,18,19). The van der Waals surface area contributed by atoms with Crippen LogP contribution in [0.3, 0.4) is 0 Å². The van der Waals surface area contributed by atoms with Crippen LogP contribution in [0.15, 0.2) is 0 Å². The van der Waals surface area contributed by atoms with Crippen molar-refractivity contribution in [2.75, 3.05) is 39.9 Å². The predicted octanol–water partition coefficient (Wildman–Crippen LogP) is 0.461. The van der Waals surface area contributed by atoms with Crippen LogP contribution in [-0.2, 0) is 24.1 Å². The van der Waals surface area contributed by atoms with Crippen LogP contribution in [0, 0.1) is 0 Å². The molecule has 0 radical (unpaired) electrons. The fourth-order valence-electron chi connectivity index (χ4n) is 3.55. The molecule has 0 spiro atoms. The van der Waals surface area contributed by atoms with Crippen LogP contribution >= 0.6 is 0 Å². The first kappa shape index (κ1) is 15.9. The van der Waals surface area contributed by atoms with Crippen molar-refractivity contribution >= 4 is 0 Å². The lowest BCUT2D eigenvalue weighted by atomic mass is 10.0. The average molecular weight is 308 g/mol. The van der Waals surface area contributed by atoms with Crippen molar-refractivity contribution in [1.82, 2.24) is 20.4 Å². The maximum Gasteiger partial charge on any atom is 0.113 e. The summed E-state index contributed by atoms with van der Waals surface area (Å²) in [6.45, 7) is 3.80. The minimum atomic E-state index is -0.821. The van der Waals surface area contributed by atoms with Crippen LogP contribution in [0.4, 0.5) is 0 Å². The summed E-state index contributed by atoms with van der Waals surface area (Å²) in [4.78, 5) is 2.15. The molecule has 1 saturated heterocycles. The molecule has 6 heteroatoms. The van der Waals surface area contributed by atoms with Gasteiger partial charge in [-0.1, -0.05) is 6.42 Å². The molecule has 0 saturated carbocycles. The Kier molecular flexibility index (Phi) is 5.13. The average Bonchev–Trinajstić information content (AvgIpc) is 2.69. The Morgan fingerprint density at radius 3 is 3.09 bits per heavy atom. The lowest BCUT2D eigenvalue weighted by Gasteiger charge is -2.30. The Morgan fingerprint density at radius 1 is 1.32 bits per heavy atom. The lowest BCUT2D eigenvalue weighted by Crippen LogP contribution is -2.50. The van der Waals surface area contributed by atoms with Crippen LogP contribution in [-0.4, -0.2) is 65.7 Å². The van der Waals surface area contributed by atoms with E-state index in [2.05, 4.69) is 20.4 Å². The minimum absolute atomic E-state index is 0.392. The molecule has 124 valence electrons. The van der Waals surface area contributed by atoms with E-state index < -0.39 is 5.60 Å². The highest BCUT2D eigenvalue weighted by Crippen LogP contribution is 2.22. The number of hydrogen-bond donors (Lipinski definition) is 3. The largest absolute Gasteiger partial charge is 0.385 e. The second-order valence-electron chi connectivity index (χ2n) is 6.81. The monoisotopic (exact) mass is 308 g/mol. The number of fused-ring (bicyclic) bond motifs is 1. The summed E-state index contributed by atoms with van der Waals surface area (Å²) in [6.07, 6.45) is 6.07. The van der Waals surface area contributed by atoms with Gasteiger partial charge >= 0.3 is 0 Å². The van der Waals surface area contributed by atoms with E-state index in [-0.39, 0.29) is 0 Å². The number of rotatable bonds is 4. The normalized spacial score (nSPS) is 26.5. The van der Waals surface area contributed by atoms with Crippen LogP contribution in [0.25, 0.3) is 0 Å². The van der Waals surface area contributed by atoms with Gasteiger partial charge in [0.25, 0.3) is 0 Å². The van der Waals surface area contributed by atoms with Gasteiger partial charge in [-0.3, -0.25) is 10.00 Å². The van der Waals surface area contributed by atoms with Crippen LogP contribution in [0.5, 0.6) is 0 Å². The van der Waals surface area contributed by atoms with E-state index in [1.807, 2.05) is 7.05 Å². The third-order valence-corrected chi connectivity index (χ3v) is 4.62. The number of hydrogen-bond acceptors (Lipinski definition) is 5. The summed E-state index contributed by atoms with van der Waals surface area (Å²) in [5, 5.41) is 21.7. The van der Waals surface area contributed by atoms with Crippen molar-refractivity contribution in [3.63, 3.8) is 0 Å². The minimum Gasteiger partial charge on any atom is -0.385 e. The van der Waals surface area contributed by atoms with Gasteiger partial charge in [0.2, 0.25) is 0 Å². The number of nitrogens with zero attached hydrogens (tertiary/aromatic N) is 2. The van der Waals surface area contributed by atoms with Gasteiger partial charge in [-0.15, -0.1) is 0 Å². The molecule has 22 heavy (non-hydrogen) atoms. The molecular formula is C16H28N4O2. The van der Waals surface area contributed by atoms with E-state index in [0.717, 1.165) is 31.6 Å². The number of aliphatic hydroxyl groups is 1. The zero-order valence-electron chi connectivity index (χ0n) is 13.5. The number of nitrogens with one attached hydrogen (secondary N) is 2. The summed E-state index contributed by atoms with van der Waals surface area (Å²) in [7, 11) is 2.04. The van der Waals surface area contributed by atoms with Crippen molar-refractivity contribution in [2.24, 2.45) is 0 Å². The molecule has 1 fully saturated rings. The molecule has 1 aliphatic heterocycles. The number of H-pyrrole nitrogens is 1. The van der Waals surface area contributed by atoms with Gasteiger partial charge in [0.1, 0.15) is 5.60 Å². The molecule has 0 amide bonds. The van der Waals surface area contributed by atoms with Gasteiger partial charge in [-0.05, 0) is 38.3 Å². The second-order valence-corrected chi connectivity index (χ2v) is 6.81.